The fraction of sp³-hybridized carbons (Fsp3) is 0.292. The molecule has 1 fully saturated rings. The summed E-state index contributed by atoms with van der Waals surface area (Å²) in [7, 11) is 0. The molecule has 1 aromatic heterocycles. The van der Waals surface area contributed by atoms with Crippen molar-refractivity contribution in [1.82, 2.24) is 15.5 Å². The SMILES string of the molecule is CC(NC(=O)CN1C(=O)NC(C)(c2ccc3c(c2)OCCO3)C1=O)c1cc2ccccc2o1. The minimum Gasteiger partial charge on any atom is -0.486 e. The van der Waals surface area contributed by atoms with Crippen molar-refractivity contribution < 1.29 is 28.3 Å². The maximum atomic E-state index is 13.2. The molecule has 3 aromatic rings. The van der Waals surface area contributed by atoms with Gasteiger partial charge in [0.05, 0.1) is 6.04 Å². The summed E-state index contributed by atoms with van der Waals surface area (Å²) in [5.74, 6) is 0.690. The minimum atomic E-state index is -1.32. The Labute approximate surface area is 189 Å². The van der Waals surface area contributed by atoms with Gasteiger partial charge in [-0.05, 0) is 43.7 Å². The molecular formula is C24H23N3O6. The second kappa shape index (κ2) is 7.84. The molecule has 0 bridgehead atoms. The number of carbonyl (C=O) groups excluding carboxylic acids is 3. The Morgan fingerprint density at radius 2 is 1.88 bits per heavy atom. The normalized spacial score (nSPS) is 20.6. The summed E-state index contributed by atoms with van der Waals surface area (Å²) in [6, 6.07) is 13.4. The van der Waals surface area contributed by atoms with E-state index < -0.39 is 36.0 Å². The third-order valence-electron chi connectivity index (χ3n) is 5.95. The monoisotopic (exact) mass is 449 g/mol. The number of imide groups is 1. The van der Waals surface area contributed by atoms with E-state index in [1.54, 1.807) is 32.0 Å². The fourth-order valence-corrected chi connectivity index (χ4v) is 4.11. The molecule has 0 saturated carbocycles. The van der Waals surface area contributed by atoms with Gasteiger partial charge in [0.15, 0.2) is 11.5 Å². The highest BCUT2D eigenvalue weighted by Gasteiger charge is 2.49. The van der Waals surface area contributed by atoms with Gasteiger partial charge in [0.25, 0.3) is 5.91 Å². The van der Waals surface area contributed by atoms with Gasteiger partial charge >= 0.3 is 6.03 Å². The van der Waals surface area contributed by atoms with Gasteiger partial charge in [-0.15, -0.1) is 0 Å². The lowest BCUT2D eigenvalue weighted by atomic mass is 9.91. The number of furan rings is 1. The van der Waals surface area contributed by atoms with Gasteiger partial charge < -0.3 is 24.5 Å². The van der Waals surface area contributed by atoms with Crippen LogP contribution in [0.15, 0.2) is 52.9 Å². The molecule has 0 spiro atoms. The first-order valence-corrected chi connectivity index (χ1v) is 10.7. The number of hydrogen-bond acceptors (Lipinski definition) is 6. The summed E-state index contributed by atoms with van der Waals surface area (Å²) in [6.45, 7) is 3.83. The highest BCUT2D eigenvalue weighted by molar-refractivity contribution is 6.09. The second-order valence-corrected chi connectivity index (χ2v) is 8.28. The first kappa shape index (κ1) is 20.9. The van der Waals surface area contributed by atoms with Gasteiger partial charge in [0.1, 0.15) is 36.6 Å². The lowest BCUT2D eigenvalue weighted by molar-refractivity contribution is -0.135. The average molecular weight is 449 g/mol. The van der Waals surface area contributed by atoms with Crippen LogP contribution in [-0.4, -0.2) is 42.5 Å². The maximum Gasteiger partial charge on any atom is 0.325 e. The second-order valence-electron chi connectivity index (χ2n) is 8.28. The largest absolute Gasteiger partial charge is 0.486 e. The summed E-state index contributed by atoms with van der Waals surface area (Å²) in [6.07, 6.45) is 0. The molecule has 9 heteroatoms. The van der Waals surface area contributed by atoms with Gasteiger partial charge in [0, 0.05) is 5.39 Å². The molecule has 9 nitrogen and oxygen atoms in total. The van der Waals surface area contributed by atoms with Crippen LogP contribution in [0.1, 0.15) is 31.2 Å². The fourth-order valence-electron chi connectivity index (χ4n) is 4.11. The quantitative estimate of drug-likeness (QED) is 0.580. The summed E-state index contributed by atoms with van der Waals surface area (Å²) in [4.78, 5) is 39.4. The van der Waals surface area contributed by atoms with Crippen molar-refractivity contribution in [3.8, 4) is 11.5 Å². The molecule has 0 aliphatic carbocycles. The van der Waals surface area contributed by atoms with E-state index >= 15 is 0 Å². The van der Waals surface area contributed by atoms with E-state index in [0.717, 1.165) is 15.9 Å². The molecule has 4 amide bonds. The van der Waals surface area contributed by atoms with E-state index in [0.29, 0.717) is 36.0 Å². The Hall–Kier alpha value is -4.01. The molecule has 2 unspecified atom stereocenters. The zero-order chi connectivity index (χ0) is 23.2. The van der Waals surface area contributed by atoms with Gasteiger partial charge in [-0.25, -0.2) is 4.79 Å². The van der Waals surface area contributed by atoms with Crippen molar-refractivity contribution in [2.45, 2.75) is 25.4 Å². The molecule has 1 saturated heterocycles. The third kappa shape index (κ3) is 3.65. The number of urea groups is 1. The van der Waals surface area contributed by atoms with Crippen LogP contribution in [0.4, 0.5) is 4.79 Å². The molecule has 2 aromatic carbocycles. The van der Waals surface area contributed by atoms with Gasteiger partial charge in [0.2, 0.25) is 5.91 Å². The summed E-state index contributed by atoms with van der Waals surface area (Å²) >= 11 is 0. The van der Waals surface area contributed by atoms with Crippen LogP contribution in [0.3, 0.4) is 0 Å². The van der Waals surface area contributed by atoms with Crippen LogP contribution >= 0.6 is 0 Å². The molecule has 0 radical (unpaired) electrons. The smallest absolute Gasteiger partial charge is 0.325 e. The maximum absolute atomic E-state index is 13.2. The number of nitrogens with zero attached hydrogens (tertiary/aromatic N) is 1. The first-order chi connectivity index (χ1) is 15.8. The summed E-state index contributed by atoms with van der Waals surface area (Å²) in [5.41, 5.74) is -0.0566. The summed E-state index contributed by atoms with van der Waals surface area (Å²) in [5, 5.41) is 6.42. The number of rotatable bonds is 5. The Morgan fingerprint density at radius 1 is 1.12 bits per heavy atom. The van der Waals surface area contributed by atoms with E-state index in [2.05, 4.69) is 10.6 Å². The molecule has 170 valence electrons. The highest BCUT2D eigenvalue weighted by Crippen LogP contribution is 2.36. The molecule has 5 rings (SSSR count). The topological polar surface area (TPSA) is 110 Å². The number of hydrogen-bond donors (Lipinski definition) is 2. The predicted molar refractivity (Wildman–Crippen MR) is 118 cm³/mol. The number of ether oxygens (including phenoxy) is 2. The standard InChI is InChI=1S/C24H23N3O6/c1-14(19-11-15-5-3-4-6-17(15)33-19)25-21(28)13-27-22(29)24(2,26-23(27)30)16-7-8-18-20(12-16)32-10-9-31-18/h3-8,11-12,14H,9-10,13H2,1-2H3,(H,25,28)(H,26,30). The molecule has 2 N–H and O–H groups in total. The van der Waals surface area contributed by atoms with Crippen LogP contribution in [-0.2, 0) is 15.1 Å². The van der Waals surface area contributed by atoms with E-state index in [4.69, 9.17) is 13.9 Å². The lowest BCUT2D eigenvalue weighted by Gasteiger charge is -2.25. The van der Waals surface area contributed by atoms with Crippen LogP contribution in [0.5, 0.6) is 11.5 Å². The van der Waals surface area contributed by atoms with Crippen molar-refractivity contribution in [3.05, 3.63) is 59.9 Å². The highest BCUT2D eigenvalue weighted by atomic mass is 16.6. The Bertz CT molecular complexity index is 1240. The zero-order valence-electron chi connectivity index (χ0n) is 18.2. The number of carbonyl (C=O) groups is 3. The zero-order valence-corrected chi connectivity index (χ0v) is 18.2. The molecule has 3 heterocycles. The predicted octanol–water partition coefficient (Wildman–Crippen LogP) is 2.85. The summed E-state index contributed by atoms with van der Waals surface area (Å²) < 4.78 is 16.9. The number of benzene rings is 2. The van der Waals surface area contributed by atoms with Gasteiger partial charge in [-0.3, -0.25) is 14.5 Å². The van der Waals surface area contributed by atoms with Crippen LogP contribution in [0.2, 0.25) is 0 Å². The van der Waals surface area contributed by atoms with E-state index in [1.807, 2.05) is 30.3 Å². The first-order valence-electron chi connectivity index (χ1n) is 10.7. The Balaban J connectivity index is 1.29. The number of amides is 4. The van der Waals surface area contributed by atoms with Crippen molar-refractivity contribution in [3.63, 3.8) is 0 Å². The van der Waals surface area contributed by atoms with Crippen molar-refractivity contribution in [2.75, 3.05) is 19.8 Å². The van der Waals surface area contributed by atoms with Gasteiger partial charge in [-0.1, -0.05) is 24.3 Å². The minimum absolute atomic E-state index is 0.406. The molecule has 2 aliphatic heterocycles. The third-order valence-corrected chi connectivity index (χ3v) is 5.95. The number of para-hydroxylation sites is 1. The van der Waals surface area contributed by atoms with Crippen LogP contribution in [0.25, 0.3) is 11.0 Å². The Morgan fingerprint density at radius 3 is 2.67 bits per heavy atom. The number of nitrogens with one attached hydrogen (secondary N) is 2. The van der Waals surface area contributed by atoms with E-state index in [9.17, 15) is 14.4 Å². The molecular weight excluding hydrogens is 426 g/mol. The average Bonchev–Trinajstić information content (AvgIpc) is 3.34. The van der Waals surface area contributed by atoms with Crippen molar-refractivity contribution in [1.29, 1.82) is 0 Å². The van der Waals surface area contributed by atoms with E-state index in [-0.39, 0.29) is 0 Å². The Kier molecular flexibility index (Phi) is 4.96. The van der Waals surface area contributed by atoms with Crippen molar-refractivity contribution >= 4 is 28.8 Å². The van der Waals surface area contributed by atoms with Crippen LogP contribution < -0.4 is 20.1 Å². The van der Waals surface area contributed by atoms with Crippen molar-refractivity contribution in [2.24, 2.45) is 0 Å². The van der Waals surface area contributed by atoms with E-state index in [1.165, 1.54) is 0 Å². The lowest BCUT2D eigenvalue weighted by Crippen LogP contribution is -2.43. The number of fused-ring (bicyclic) bond motifs is 2. The molecule has 2 atom stereocenters. The molecule has 33 heavy (non-hydrogen) atoms. The van der Waals surface area contributed by atoms with Crippen LogP contribution in [0, 0.1) is 0 Å². The molecule has 2 aliphatic rings. The van der Waals surface area contributed by atoms with Gasteiger partial charge in [-0.2, -0.15) is 0 Å².